The van der Waals surface area contributed by atoms with Crippen LogP contribution in [0.15, 0.2) is 59.8 Å². The molecule has 1 aromatic heterocycles. The van der Waals surface area contributed by atoms with Gasteiger partial charge in [0, 0.05) is 78.5 Å². The molecule has 11 heteroatoms. The maximum atomic E-state index is 14.8. The van der Waals surface area contributed by atoms with Crippen LogP contribution < -0.4 is 5.73 Å². The number of H-pyrrole nitrogens is 1. The lowest BCUT2D eigenvalue weighted by Crippen LogP contribution is -2.79. The average Bonchev–Trinajstić information content (AvgIpc) is 3.82. The number of methoxy groups -OCH3 is 1. The molecule has 5 aliphatic heterocycles. The molecule has 6 heterocycles. The molecule has 1 amide bonds. The van der Waals surface area contributed by atoms with Crippen molar-refractivity contribution in [3.8, 4) is 12.3 Å². The van der Waals surface area contributed by atoms with E-state index in [0.29, 0.717) is 63.9 Å². The van der Waals surface area contributed by atoms with Gasteiger partial charge in [0.15, 0.2) is 5.60 Å². The standard InChI is InChI=1S/C43H55N5O6/c1-6-12-32-30(42-19-22-48-20-11-17-40(8-3,34(42)48)36(49)43(53,37(44)50)35(42)46(32)4)15-18-41(38(51)54-5)24-27-23-39(52,7-2)26-47(25-27)21-16-29-28-13-9-10-14-31(28)45-33(29)41/h1,9-15,17,27,34-36,45,49,52-53H,7-8,16,18-26H2,2-5H3,(H2,44,50)/b30-15+,32-12?/t27-,34?,35?,36-,39?,40-,41-,42-,43+/m1/s1. The van der Waals surface area contributed by atoms with E-state index in [-0.39, 0.29) is 24.3 Å². The van der Waals surface area contributed by atoms with Gasteiger partial charge >= 0.3 is 5.97 Å². The van der Waals surface area contributed by atoms with E-state index in [9.17, 15) is 24.9 Å². The molecule has 1 saturated carbocycles. The number of likely N-dealkylation sites (tertiary alicyclic amines) is 1. The van der Waals surface area contributed by atoms with E-state index >= 15 is 0 Å². The summed E-state index contributed by atoms with van der Waals surface area (Å²) >= 11 is 0. The number of ether oxygens (including phenoxy) is 1. The predicted molar refractivity (Wildman–Crippen MR) is 206 cm³/mol. The van der Waals surface area contributed by atoms with E-state index in [2.05, 4.69) is 32.8 Å². The highest BCUT2D eigenvalue weighted by Crippen LogP contribution is 2.68. The molecule has 4 fully saturated rings. The number of fused-ring (bicyclic) bond motifs is 5. The summed E-state index contributed by atoms with van der Waals surface area (Å²) in [6.45, 7) is 7.43. The van der Waals surface area contributed by atoms with Crippen LogP contribution in [0, 0.1) is 29.1 Å². The number of aromatic nitrogens is 1. The molecule has 1 aromatic carbocycles. The number of carbonyl (C=O) groups excluding carboxylic acids is 2. The smallest absolute Gasteiger partial charge is 0.318 e. The molecule has 4 unspecified atom stereocenters. The topological polar surface area (TPSA) is 156 Å². The molecule has 3 saturated heterocycles. The molecule has 10 atom stereocenters. The van der Waals surface area contributed by atoms with E-state index < -0.39 is 45.5 Å². The number of carbonyl (C=O) groups is 2. The summed E-state index contributed by atoms with van der Waals surface area (Å²) in [4.78, 5) is 38.7. The lowest BCUT2D eigenvalue weighted by atomic mass is 9.47. The van der Waals surface area contributed by atoms with Crippen LogP contribution in [0.1, 0.15) is 63.6 Å². The minimum atomic E-state index is -2.32. The molecule has 8 rings (SSSR count). The van der Waals surface area contributed by atoms with Crippen LogP contribution in [0.25, 0.3) is 10.9 Å². The van der Waals surface area contributed by atoms with E-state index in [0.717, 1.165) is 40.8 Å². The number of aromatic amines is 1. The first-order chi connectivity index (χ1) is 25.8. The largest absolute Gasteiger partial charge is 0.468 e. The van der Waals surface area contributed by atoms with Gasteiger partial charge in [-0.15, -0.1) is 6.42 Å². The number of aliphatic hydroxyl groups is 3. The number of terminal acetylenes is 1. The molecule has 2 aromatic rings. The molecule has 6 N–H and O–H groups in total. The number of primary amides is 1. The van der Waals surface area contributed by atoms with Crippen molar-refractivity contribution in [2.45, 2.75) is 93.6 Å². The van der Waals surface area contributed by atoms with Gasteiger partial charge in [0.1, 0.15) is 11.5 Å². The number of hydrogen-bond acceptors (Lipinski definition) is 9. The summed E-state index contributed by atoms with van der Waals surface area (Å²) in [5.41, 5.74) is 4.24. The van der Waals surface area contributed by atoms with E-state index in [1.54, 1.807) is 6.08 Å². The number of para-hydroxylation sites is 1. The normalized spacial score (nSPS) is 41.4. The Kier molecular flexibility index (Phi) is 8.79. The van der Waals surface area contributed by atoms with Crippen LogP contribution >= 0.6 is 0 Å². The van der Waals surface area contributed by atoms with Crippen molar-refractivity contribution < 1.29 is 29.6 Å². The predicted octanol–water partition coefficient (Wildman–Crippen LogP) is 2.75. The van der Waals surface area contributed by atoms with Crippen LogP contribution in [-0.2, 0) is 26.2 Å². The minimum Gasteiger partial charge on any atom is -0.468 e. The monoisotopic (exact) mass is 737 g/mol. The summed E-state index contributed by atoms with van der Waals surface area (Å²) in [5.74, 6) is 1.36. The van der Waals surface area contributed by atoms with Gasteiger partial charge in [-0.05, 0) is 74.6 Å². The number of amides is 1. The van der Waals surface area contributed by atoms with Gasteiger partial charge in [0.2, 0.25) is 0 Å². The third kappa shape index (κ3) is 4.80. The fourth-order valence-corrected chi connectivity index (χ4v) is 12.6. The SMILES string of the molecule is C#CC=C1/C(=C\C[C@@]2(C(=O)OC)C[C@@H]3CN(CCc4c2[nH]c2ccccc42)CC(O)(CC)C3)[C@]23CCN4CC=C[C@](CC)(C42)[C@@H](O)[C@](O)(C(N)=O)C3N1C. The number of piperidine rings is 1. The van der Waals surface area contributed by atoms with E-state index in [1.807, 2.05) is 56.1 Å². The summed E-state index contributed by atoms with van der Waals surface area (Å²) < 4.78 is 5.80. The van der Waals surface area contributed by atoms with Crippen molar-refractivity contribution in [2.75, 3.05) is 46.9 Å². The highest BCUT2D eigenvalue weighted by molar-refractivity contribution is 5.91. The van der Waals surface area contributed by atoms with Crippen LogP contribution in [0.3, 0.4) is 0 Å². The number of allylic oxidation sites excluding steroid dienone is 3. The van der Waals surface area contributed by atoms with Crippen molar-refractivity contribution in [1.29, 1.82) is 0 Å². The maximum Gasteiger partial charge on any atom is 0.318 e. The van der Waals surface area contributed by atoms with E-state index in [4.69, 9.17) is 16.9 Å². The number of likely N-dealkylation sites (N-methyl/N-ethyl adjacent to an activating group) is 1. The van der Waals surface area contributed by atoms with Gasteiger partial charge in [-0.1, -0.05) is 56.2 Å². The van der Waals surface area contributed by atoms with Crippen molar-refractivity contribution in [3.63, 3.8) is 0 Å². The number of hydrogen-bond donors (Lipinski definition) is 5. The Bertz CT molecular complexity index is 2010. The van der Waals surface area contributed by atoms with Gasteiger partial charge in [-0.25, -0.2) is 0 Å². The van der Waals surface area contributed by atoms with Crippen molar-refractivity contribution >= 4 is 22.8 Å². The molecule has 1 aliphatic carbocycles. The zero-order valence-electron chi connectivity index (χ0n) is 32.0. The molecular formula is C43H55N5O6. The second-order valence-corrected chi connectivity index (χ2v) is 17.1. The molecule has 288 valence electrons. The van der Waals surface area contributed by atoms with Gasteiger partial charge in [-0.2, -0.15) is 0 Å². The Hall–Kier alpha value is -3.92. The third-order valence-electron chi connectivity index (χ3n) is 14.7. The molecule has 11 nitrogen and oxygen atoms in total. The summed E-state index contributed by atoms with van der Waals surface area (Å²) in [7, 11) is 3.25. The number of rotatable bonds is 6. The highest BCUT2D eigenvalue weighted by Gasteiger charge is 2.79. The van der Waals surface area contributed by atoms with E-state index in [1.165, 1.54) is 7.11 Å². The number of nitrogens with two attached hydrogens (primary N) is 1. The molecular weight excluding hydrogens is 683 g/mol. The van der Waals surface area contributed by atoms with Crippen LogP contribution in [0.5, 0.6) is 0 Å². The Balaban J connectivity index is 1.38. The Morgan fingerprint density at radius 2 is 1.93 bits per heavy atom. The quantitative estimate of drug-likeness (QED) is 0.171. The van der Waals surface area contributed by atoms with Gasteiger partial charge < -0.3 is 35.7 Å². The van der Waals surface area contributed by atoms with Crippen molar-refractivity contribution in [3.05, 3.63) is 71.1 Å². The van der Waals surface area contributed by atoms with Crippen LogP contribution in [-0.4, -0.2) is 123 Å². The molecule has 0 radical (unpaired) electrons. The zero-order valence-corrected chi connectivity index (χ0v) is 32.0. The molecule has 54 heavy (non-hydrogen) atoms. The van der Waals surface area contributed by atoms with Crippen LogP contribution in [0.2, 0.25) is 0 Å². The van der Waals surface area contributed by atoms with Crippen molar-refractivity contribution in [1.82, 2.24) is 19.7 Å². The van der Waals surface area contributed by atoms with Crippen molar-refractivity contribution in [2.24, 2.45) is 22.5 Å². The minimum absolute atomic E-state index is 0.0144. The summed E-state index contributed by atoms with van der Waals surface area (Å²) in [6.07, 6.45) is 15.9. The van der Waals surface area contributed by atoms with Gasteiger partial charge in [-0.3, -0.25) is 19.4 Å². The summed E-state index contributed by atoms with van der Waals surface area (Å²) in [5, 5.41) is 37.7. The average molecular weight is 738 g/mol. The second-order valence-electron chi connectivity index (χ2n) is 17.1. The Morgan fingerprint density at radius 3 is 2.63 bits per heavy atom. The number of aliphatic hydroxyl groups excluding tert-OH is 1. The molecule has 1 spiro atoms. The fourth-order valence-electron chi connectivity index (χ4n) is 12.6. The first-order valence-electron chi connectivity index (χ1n) is 19.7. The van der Waals surface area contributed by atoms with Crippen LogP contribution in [0.4, 0.5) is 0 Å². The number of esters is 1. The third-order valence-corrected chi connectivity index (χ3v) is 14.7. The number of nitrogens with one attached hydrogen (secondary N) is 1. The lowest BCUT2D eigenvalue weighted by Gasteiger charge is -2.63. The highest BCUT2D eigenvalue weighted by atomic mass is 16.5. The van der Waals surface area contributed by atoms with Gasteiger partial charge in [0.05, 0.1) is 18.8 Å². The maximum absolute atomic E-state index is 14.8. The zero-order chi connectivity index (χ0) is 38.4. The number of benzene rings is 1. The Labute approximate surface area is 317 Å². The molecule has 2 bridgehead atoms. The molecule has 6 aliphatic rings. The van der Waals surface area contributed by atoms with Gasteiger partial charge in [0.25, 0.3) is 5.91 Å². The lowest BCUT2D eigenvalue weighted by molar-refractivity contribution is -0.220. The number of nitrogens with zero attached hydrogens (tertiary/aromatic N) is 3. The first-order valence-corrected chi connectivity index (χ1v) is 19.7. The fraction of sp³-hybridized carbons (Fsp3) is 0.581. The summed E-state index contributed by atoms with van der Waals surface area (Å²) in [6, 6.07) is 6.94. The second kappa shape index (κ2) is 12.8. The first kappa shape index (κ1) is 37.0. The Morgan fingerprint density at radius 1 is 1.15 bits per heavy atom.